The Balaban J connectivity index is 1.86. The molecule has 4 heterocycles. The average Bonchev–Trinajstić information content (AvgIpc) is 3.40. The van der Waals surface area contributed by atoms with E-state index in [1.807, 2.05) is 22.9 Å². The number of carbonyl (C=O) groups is 2. The summed E-state index contributed by atoms with van der Waals surface area (Å²) in [6.07, 6.45) is 3.13. The lowest BCUT2D eigenvalue weighted by molar-refractivity contribution is -0.123. The van der Waals surface area contributed by atoms with Gasteiger partial charge in [-0.05, 0) is 35.7 Å². The van der Waals surface area contributed by atoms with Crippen molar-refractivity contribution in [3.8, 4) is 17.1 Å². The fourth-order valence-electron chi connectivity index (χ4n) is 3.69. The zero-order valence-corrected chi connectivity index (χ0v) is 19.0. The summed E-state index contributed by atoms with van der Waals surface area (Å²) < 4.78 is 5.42. The van der Waals surface area contributed by atoms with Crippen molar-refractivity contribution in [1.29, 1.82) is 0 Å². The maximum atomic E-state index is 13.3. The number of methoxy groups -OCH3 is 1. The number of aromatic nitrogens is 2. The molecule has 0 saturated heterocycles. The van der Waals surface area contributed by atoms with Gasteiger partial charge in [0.15, 0.2) is 11.5 Å². The van der Waals surface area contributed by atoms with Crippen molar-refractivity contribution >= 4 is 28.7 Å². The topological polar surface area (TPSA) is 92.6 Å². The van der Waals surface area contributed by atoms with E-state index in [0.29, 0.717) is 11.3 Å². The largest absolute Gasteiger partial charge is 0.503 e. The Bertz CT molecular complexity index is 1190. The summed E-state index contributed by atoms with van der Waals surface area (Å²) in [4.78, 5) is 36.6. The number of hydrogen-bond donors (Lipinski definition) is 1. The lowest BCUT2D eigenvalue weighted by Crippen LogP contribution is -2.33. The highest BCUT2D eigenvalue weighted by molar-refractivity contribution is 7.08. The number of thiophene rings is 1. The van der Waals surface area contributed by atoms with E-state index in [-0.39, 0.29) is 17.2 Å². The number of carbonyl (C=O) groups excluding carboxylic acids is 2. The summed E-state index contributed by atoms with van der Waals surface area (Å²) in [5, 5.41) is 14.8. The Kier molecular flexibility index (Phi) is 5.56. The van der Waals surface area contributed by atoms with Crippen molar-refractivity contribution in [3.63, 3.8) is 0 Å². The minimum atomic E-state index is -0.897. The van der Waals surface area contributed by atoms with Gasteiger partial charge >= 0.3 is 0 Å². The van der Waals surface area contributed by atoms with Gasteiger partial charge in [0.05, 0.1) is 30.3 Å². The van der Waals surface area contributed by atoms with E-state index < -0.39 is 23.1 Å². The molecule has 4 rings (SSSR count). The molecule has 164 valence electrons. The van der Waals surface area contributed by atoms with Crippen molar-refractivity contribution in [2.24, 2.45) is 5.41 Å². The highest BCUT2D eigenvalue weighted by Gasteiger charge is 2.47. The third kappa shape index (κ3) is 3.67. The van der Waals surface area contributed by atoms with Gasteiger partial charge in [0.1, 0.15) is 6.04 Å². The number of anilines is 1. The summed E-state index contributed by atoms with van der Waals surface area (Å²) in [5.74, 6) is -1.29. The second-order valence-electron chi connectivity index (χ2n) is 8.43. The highest BCUT2D eigenvalue weighted by Crippen LogP contribution is 2.45. The molecule has 3 aromatic heterocycles. The van der Waals surface area contributed by atoms with Gasteiger partial charge in [-0.3, -0.25) is 19.5 Å². The highest BCUT2D eigenvalue weighted by atomic mass is 32.1. The van der Waals surface area contributed by atoms with Crippen LogP contribution in [-0.4, -0.2) is 33.9 Å². The van der Waals surface area contributed by atoms with Gasteiger partial charge in [-0.1, -0.05) is 20.8 Å². The maximum Gasteiger partial charge on any atom is 0.294 e. The van der Waals surface area contributed by atoms with Gasteiger partial charge in [0, 0.05) is 28.1 Å². The van der Waals surface area contributed by atoms with Crippen molar-refractivity contribution in [2.75, 3.05) is 12.0 Å². The molecular formula is C24H23N3O4S. The third-order valence-corrected chi connectivity index (χ3v) is 5.95. The number of rotatable bonds is 5. The summed E-state index contributed by atoms with van der Waals surface area (Å²) in [5.41, 5.74) is 1.91. The van der Waals surface area contributed by atoms with E-state index in [1.165, 1.54) is 12.0 Å². The Hall–Kier alpha value is -3.52. The van der Waals surface area contributed by atoms with Crippen LogP contribution >= 0.6 is 11.3 Å². The first kappa shape index (κ1) is 21.7. The molecule has 7 nitrogen and oxygen atoms in total. The van der Waals surface area contributed by atoms with E-state index in [9.17, 15) is 14.7 Å². The van der Waals surface area contributed by atoms with Gasteiger partial charge in [0.2, 0.25) is 5.88 Å². The van der Waals surface area contributed by atoms with E-state index in [4.69, 9.17) is 4.74 Å². The van der Waals surface area contributed by atoms with Crippen LogP contribution in [0, 0.1) is 5.41 Å². The molecule has 0 aromatic carbocycles. The molecule has 0 aliphatic carbocycles. The average molecular weight is 450 g/mol. The number of pyridine rings is 2. The number of amides is 1. The molecule has 1 aliphatic rings. The number of nitrogens with zero attached hydrogens (tertiary/aromatic N) is 3. The van der Waals surface area contributed by atoms with Crippen LogP contribution in [0.5, 0.6) is 5.88 Å². The van der Waals surface area contributed by atoms with Gasteiger partial charge in [-0.15, -0.1) is 0 Å². The predicted octanol–water partition coefficient (Wildman–Crippen LogP) is 4.73. The molecule has 3 aromatic rings. The summed E-state index contributed by atoms with van der Waals surface area (Å²) in [7, 11) is 1.47. The minimum Gasteiger partial charge on any atom is -0.503 e. The summed E-state index contributed by atoms with van der Waals surface area (Å²) in [6.45, 7) is 5.24. The molecule has 0 bridgehead atoms. The Morgan fingerprint density at radius 3 is 2.56 bits per heavy atom. The second-order valence-corrected chi connectivity index (χ2v) is 9.21. The molecule has 1 unspecified atom stereocenters. The zero-order chi connectivity index (χ0) is 23.0. The van der Waals surface area contributed by atoms with E-state index in [2.05, 4.69) is 9.97 Å². The van der Waals surface area contributed by atoms with Crippen LogP contribution in [0.2, 0.25) is 0 Å². The van der Waals surface area contributed by atoms with Crippen molar-refractivity contribution < 1.29 is 19.4 Å². The molecule has 1 amide bonds. The van der Waals surface area contributed by atoms with Gasteiger partial charge < -0.3 is 9.84 Å². The van der Waals surface area contributed by atoms with Crippen molar-refractivity contribution in [3.05, 3.63) is 70.4 Å². The maximum absolute atomic E-state index is 13.3. The Morgan fingerprint density at radius 1 is 1.19 bits per heavy atom. The lowest BCUT2D eigenvalue weighted by Gasteiger charge is -2.29. The Morgan fingerprint density at radius 2 is 1.97 bits per heavy atom. The van der Waals surface area contributed by atoms with Crippen LogP contribution in [0.1, 0.15) is 32.4 Å². The molecular weight excluding hydrogens is 426 g/mol. The fraction of sp³-hybridized carbons (Fsp3) is 0.250. The normalized spacial score (nSPS) is 16.6. The molecule has 32 heavy (non-hydrogen) atoms. The van der Waals surface area contributed by atoms with Gasteiger partial charge in [-0.2, -0.15) is 11.3 Å². The minimum absolute atomic E-state index is 0.0238. The number of ketones is 1. The first-order valence-corrected chi connectivity index (χ1v) is 11.0. The molecule has 1 aliphatic heterocycles. The van der Waals surface area contributed by atoms with E-state index in [1.54, 1.807) is 62.7 Å². The lowest BCUT2D eigenvalue weighted by atomic mass is 9.82. The molecule has 0 saturated carbocycles. The fourth-order valence-corrected chi connectivity index (χ4v) is 4.34. The van der Waals surface area contributed by atoms with Crippen LogP contribution in [0.3, 0.4) is 0 Å². The van der Waals surface area contributed by atoms with Crippen LogP contribution in [0.4, 0.5) is 5.69 Å². The van der Waals surface area contributed by atoms with Gasteiger partial charge in [0.25, 0.3) is 5.91 Å². The second kappa shape index (κ2) is 8.20. The SMILES string of the molecule is COc1ncccc1C1C(C(=O)C(C)(C)C)=C(O)C(=O)N1c1ccc(-c2ccsc2)nc1. The number of aliphatic hydroxyl groups is 1. The molecule has 0 radical (unpaired) electrons. The number of hydrogen-bond acceptors (Lipinski definition) is 7. The molecule has 8 heteroatoms. The number of Topliss-reactive ketones (excluding diaryl/α,β-unsaturated/α-hetero) is 1. The molecule has 1 atom stereocenters. The van der Waals surface area contributed by atoms with Crippen LogP contribution < -0.4 is 9.64 Å². The monoisotopic (exact) mass is 449 g/mol. The quantitative estimate of drug-likeness (QED) is 0.605. The van der Waals surface area contributed by atoms with Crippen LogP contribution in [0.25, 0.3) is 11.3 Å². The van der Waals surface area contributed by atoms with E-state index in [0.717, 1.165) is 11.3 Å². The van der Waals surface area contributed by atoms with E-state index >= 15 is 0 Å². The van der Waals surface area contributed by atoms with Crippen molar-refractivity contribution in [1.82, 2.24) is 9.97 Å². The number of aliphatic hydroxyl groups excluding tert-OH is 1. The standard InChI is InChI=1S/C24H23N3O4S/c1-24(2,3)21(29)18-19(16-6-5-10-25-22(16)31-4)27(23(30)20(18)28)15-7-8-17(26-12-15)14-9-11-32-13-14/h5-13,19,28H,1-4H3. The van der Waals surface area contributed by atoms with Gasteiger partial charge in [-0.25, -0.2) is 4.98 Å². The number of ether oxygens (including phenoxy) is 1. The first-order valence-electron chi connectivity index (χ1n) is 10.0. The van der Waals surface area contributed by atoms with Crippen LogP contribution in [-0.2, 0) is 9.59 Å². The van der Waals surface area contributed by atoms with Crippen LogP contribution in [0.15, 0.2) is 64.8 Å². The zero-order valence-electron chi connectivity index (χ0n) is 18.2. The molecule has 0 fully saturated rings. The summed E-state index contributed by atoms with van der Waals surface area (Å²) >= 11 is 1.57. The first-order chi connectivity index (χ1) is 15.2. The summed E-state index contributed by atoms with van der Waals surface area (Å²) in [6, 6.07) is 8.07. The smallest absolute Gasteiger partial charge is 0.294 e. The predicted molar refractivity (Wildman–Crippen MR) is 123 cm³/mol. The Labute approximate surface area is 190 Å². The third-order valence-electron chi connectivity index (χ3n) is 5.27. The molecule has 1 N–H and O–H groups in total. The molecule has 0 spiro atoms. The van der Waals surface area contributed by atoms with Crippen molar-refractivity contribution in [2.45, 2.75) is 26.8 Å².